The van der Waals surface area contributed by atoms with Crippen LogP contribution in [0.25, 0.3) is 6.08 Å². The van der Waals surface area contributed by atoms with Gasteiger partial charge in [-0.3, -0.25) is 14.4 Å². The summed E-state index contributed by atoms with van der Waals surface area (Å²) in [6, 6.07) is 25.5. The van der Waals surface area contributed by atoms with Crippen LogP contribution in [0.3, 0.4) is 0 Å². The fraction of sp³-hybridized carbons (Fsp3) is 0.0938. The van der Waals surface area contributed by atoms with Crippen molar-refractivity contribution in [1.82, 2.24) is 5.32 Å². The normalized spacial score (nSPS) is 11.0. The molecule has 0 saturated heterocycles. The molecule has 10 heteroatoms. The molecule has 2 N–H and O–H groups in total. The number of hydrogen-bond acceptors (Lipinski definition) is 6. The molecule has 0 spiro atoms. The number of hydrogen-bond donors (Lipinski definition) is 2. The molecule has 0 aliphatic rings. The number of thioether (sulfide) groups is 1. The van der Waals surface area contributed by atoms with E-state index < -0.39 is 11.8 Å². The molecule has 214 valence electrons. The Morgan fingerprint density at radius 1 is 0.810 bits per heavy atom. The topological polar surface area (TPSA) is 93.7 Å². The molecular weight excluding hydrogens is 595 g/mol. The highest BCUT2D eigenvalue weighted by atomic mass is 35.5. The van der Waals surface area contributed by atoms with Crippen LogP contribution in [-0.2, 0) is 4.79 Å². The van der Waals surface area contributed by atoms with Crippen molar-refractivity contribution in [3.05, 3.63) is 123 Å². The van der Waals surface area contributed by atoms with Crippen LogP contribution in [0.1, 0.15) is 26.3 Å². The first kappa shape index (κ1) is 30.7. The predicted octanol–water partition coefficient (Wildman–Crippen LogP) is 7.40. The lowest BCUT2D eigenvalue weighted by atomic mass is 10.1. The van der Waals surface area contributed by atoms with Crippen molar-refractivity contribution in [2.75, 3.05) is 25.3 Å². The number of benzene rings is 4. The smallest absolute Gasteiger partial charge is 0.272 e. The van der Waals surface area contributed by atoms with Crippen LogP contribution in [0.15, 0.2) is 102 Å². The second-order valence-electron chi connectivity index (χ2n) is 8.81. The quantitative estimate of drug-likeness (QED) is 0.103. The summed E-state index contributed by atoms with van der Waals surface area (Å²) in [5, 5.41) is 6.24. The third kappa shape index (κ3) is 8.16. The minimum atomic E-state index is -0.542. The van der Waals surface area contributed by atoms with Gasteiger partial charge in [-0.05, 0) is 78.9 Å². The van der Waals surface area contributed by atoms with Crippen LogP contribution in [0.5, 0.6) is 11.5 Å². The molecule has 0 fully saturated rings. The van der Waals surface area contributed by atoms with Gasteiger partial charge in [-0.15, -0.1) is 11.8 Å². The van der Waals surface area contributed by atoms with Gasteiger partial charge in [-0.1, -0.05) is 41.4 Å². The van der Waals surface area contributed by atoms with Crippen molar-refractivity contribution in [2.24, 2.45) is 0 Å². The number of carbonyl (C=O) groups is 3. The van der Waals surface area contributed by atoms with E-state index in [4.69, 9.17) is 32.7 Å². The van der Waals surface area contributed by atoms with E-state index in [0.717, 1.165) is 4.90 Å². The molecule has 7 nitrogen and oxygen atoms in total. The minimum Gasteiger partial charge on any atom is -0.497 e. The molecule has 0 radical (unpaired) electrons. The van der Waals surface area contributed by atoms with E-state index in [1.165, 1.54) is 32.1 Å². The highest BCUT2D eigenvalue weighted by molar-refractivity contribution is 8.00. The Morgan fingerprint density at radius 2 is 1.55 bits per heavy atom. The van der Waals surface area contributed by atoms with Gasteiger partial charge in [0.2, 0.25) is 0 Å². The number of Topliss-reactive ketones (excluding diaryl/α,β-unsaturated/α-hetero) is 1. The van der Waals surface area contributed by atoms with Crippen molar-refractivity contribution in [3.63, 3.8) is 0 Å². The van der Waals surface area contributed by atoms with Gasteiger partial charge in [0.25, 0.3) is 11.8 Å². The third-order valence-corrected chi connectivity index (χ3v) is 7.74. The average Bonchev–Trinajstić information content (AvgIpc) is 3.01. The van der Waals surface area contributed by atoms with E-state index >= 15 is 0 Å². The Hall–Kier alpha value is -4.24. The Morgan fingerprint density at radius 3 is 2.21 bits per heavy atom. The van der Waals surface area contributed by atoms with Crippen molar-refractivity contribution < 1.29 is 23.9 Å². The van der Waals surface area contributed by atoms with Gasteiger partial charge in [-0.2, -0.15) is 0 Å². The molecule has 4 aromatic carbocycles. The molecule has 2 amide bonds. The van der Waals surface area contributed by atoms with Crippen molar-refractivity contribution in [2.45, 2.75) is 4.90 Å². The van der Waals surface area contributed by atoms with E-state index in [1.807, 2.05) is 0 Å². The molecule has 0 aromatic heterocycles. The number of carbonyl (C=O) groups excluding carboxylic acids is 3. The summed E-state index contributed by atoms with van der Waals surface area (Å²) >= 11 is 13.3. The zero-order chi connectivity index (χ0) is 30.1. The van der Waals surface area contributed by atoms with Crippen molar-refractivity contribution in [3.8, 4) is 11.5 Å². The monoisotopic (exact) mass is 620 g/mol. The number of anilines is 1. The van der Waals surface area contributed by atoms with Gasteiger partial charge in [-0.25, -0.2) is 0 Å². The average molecular weight is 622 g/mol. The van der Waals surface area contributed by atoms with Gasteiger partial charge in [0.1, 0.15) is 17.2 Å². The zero-order valence-electron chi connectivity index (χ0n) is 22.7. The SMILES string of the molecule is COc1ccc(OC)c(/C=C(\NC(=O)c2ccccc2)C(=O)Nc2ccc(SCC(=O)c3ccc(Cl)c(Cl)c3)cc2)c1. The maximum absolute atomic E-state index is 13.4. The molecule has 0 saturated carbocycles. The van der Waals surface area contributed by atoms with Crippen molar-refractivity contribution >= 4 is 64.3 Å². The minimum absolute atomic E-state index is 0.001000. The summed E-state index contributed by atoms with van der Waals surface area (Å²) in [4.78, 5) is 39.8. The first-order valence-electron chi connectivity index (χ1n) is 12.6. The summed E-state index contributed by atoms with van der Waals surface area (Å²) in [5.41, 5.74) is 1.91. The summed E-state index contributed by atoms with van der Waals surface area (Å²) in [6.07, 6.45) is 1.52. The molecule has 0 aliphatic carbocycles. The number of methoxy groups -OCH3 is 2. The molecule has 0 aliphatic heterocycles. The fourth-order valence-corrected chi connectivity index (χ4v) is 4.88. The van der Waals surface area contributed by atoms with Crippen LogP contribution in [-0.4, -0.2) is 37.6 Å². The number of rotatable bonds is 11. The summed E-state index contributed by atoms with van der Waals surface area (Å²) < 4.78 is 10.8. The fourth-order valence-electron chi connectivity index (χ4n) is 3.78. The largest absolute Gasteiger partial charge is 0.497 e. The summed E-state index contributed by atoms with van der Waals surface area (Å²) in [6.45, 7) is 0. The van der Waals surface area contributed by atoms with Crippen molar-refractivity contribution in [1.29, 1.82) is 0 Å². The predicted molar refractivity (Wildman–Crippen MR) is 168 cm³/mol. The molecular formula is C32H26Cl2N2O5S. The molecule has 0 bridgehead atoms. The number of amides is 2. The van der Waals surface area contributed by atoms with Crippen LogP contribution < -0.4 is 20.1 Å². The maximum atomic E-state index is 13.4. The van der Waals surface area contributed by atoms with Gasteiger partial charge >= 0.3 is 0 Å². The lowest BCUT2D eigenvalue weighted by Gasteiger charge is -2.13. The summed E-state index contributed by atoms with van der Waals surface area (Å²) in [5.74, 6) is 0.169. The number of ketones is 1. The van der Waals surface area contributed by atoms with E-state index in [2.05, 4.69) is 10.6 Å². The number of halogens is 2. The van der Waals surface area contributed by atoms with Crippen LogP contribution in [0.2, 0.25) is 10.0 Å². The molecule has 42 heavy (non-hydrogen) atoms. The highest BCUT2D eigenvalue weighted by Crippen LogP contribution is 2.27. The molecule has 0 heterocycles. The highest BCUT2D eigenvalue weighted by Gasteiger charge is 2.17. The maximum Gasteiger partial charge on any atom is 0.272 e. The third-order valence-electron chi connectivity index (χ3n) is 5.99. The second kappa shape index (κ2) is 14.6. The van der Waals surface area contributed by atoms with Gasteiger partial charge in [0.15, 0.2) is 5.78 Å². The Kier molecular flexibility index (Phi) is 10.7. The molecule has 0 atom stereocenters. The van der Waals surface area contributed by atoms with Crippen LogP contribution >= 0.6 is 35.0 Å². The van der Waals surface area contributed by atoms with E-state index in [-0.39, 0.29) is 17.2 Å². The Balaban J connectivity index is 1.50. The molecule has 4 aromatic rings. The summed E-state index contributed by atoms with van der Waals surface area (Å²) in [7, 11) is 3.05. The standard InChI is InChI=1S/C32H26Cl2N2O5S/c1-40-24-11-15-30(41-2)22(16-24)18-28(36-31(38)20-6-4-3-5-7-20)32(39)35-23-9-12-25(13-10-23)42-19-29(37)21-8-14-26(33)27(34)17-21/h3-18H,19H2,1-2H3,(H,35,39)(H,36,38)/b28-18-. The zero-order valence-corrected chi connectivity index (χ0v) is 25.0. The lowest BCUT2D eigenvalue weighted by Crippen LogP contribution is -2.30. The second-order valence-corrected chi connectivity index (χ2v) is 10.7. The molecule has 4 rings (SSSR count). The van der Waals surface area contributed by atoms with Crippen LogP contribution in [0, 0.1) is 0 Å². The van der Waals surface area contributed by atoms with E-state index in [1.54, 1.807) is 91.0 Å². The lowest BCUT2D eigenvalue weighted by molar-refractivity contribution is -0.113. The first-order chi connectivity index (χ1) is 20.3. The Bertz CT molecular complexity index is 1630. The van der Waals surface area contributed by atoms with Crippen LogP contribution in [0.4, 0.5) is 5.69 Å². The number of nitrogens with one attached hydrogen (secondary N) is 2. The first-order valence-corrected chi connectivity index (χ1v) is 14.3. The Labute approximate surface area is 257 Å². The van der Waals surface area contributed by atoms with E-state index in [0.29, 0.717) is 43.9 Å². The van der Waals surface area contributed by atoms with E-state index in [9.17, 15) is 14.4 Å². The van der Waals surface area contributed by atoms with Gasteiger partial charge in [0.05, 0.1) is 30.0 Å². The van der Waals surface area contributed by atoms with Gasteiger partial charge in [0, 0.05) is 27.3 Å². The number of ether oxygens (including phenoxy) is 2. The molecule has 0 unspecified atom stereocenters. The van der Waals surface area contributed by atoms with Gasteiger partial charge < -0.3 is 20.1 Å².